The van der Waals surface area contributed by atoms with E-state index in [9.17, 15) is 4.79 Å². The summed E-state index contributed by atoms with van der Waals surface area (Å²) in [4.78, 5) is 14.3. The molecule has 0 spiro atoms. The van der Waals surface area contributed by atoms with Gasteiger partial charge in [0.25, 0.3) is 0 Å². The molecule has 5 heteroatoms. The number of hydrogen-bond donors (Lipinski definition) is 1. The summed E-state index contributed by atoms with van der Waals surface area (Å²) in [7, 11) is 1.44. The predicted octanol–water partition coefficient (Wildman–Crippen LogP) is 1.03. The molecule has 0 aliphatic carbocycles. The van der Waals surface area contributed by atoms with E-state index >= 15 is 0 Å². The van der Waals surface area contributed by atoms with Crippen LogP contribution in [0.1, 0.15) is 34.1 Å². The third-order valence-electron chi connectivity index (χ3n) is 3.32. The number of carbonyl (C=O) groups excluding carboxylic acids is 1. The highest BCUT2D eigenvalue weighted by molar-refractivity contribution is 5.80. The lowest BCUT2D eigenvalue weighted by molar-refractivity contribution is -0.149. The van der Waals surface area contributed by atoms with E-state index in [4.69, 9.17) is 9.47 Å². The number of esters is 1. The summed E-state index contributed by atoms with van der Waals surface area (Å²) >= 11 is 0. The van der Waals surface area contributed by atoms with Gasteiger partial charge in [0.05, 0.1) is 13.2 Å². The van der Waals surface area contributed by atoms with E-state index in [1.54, 1.807) is 0 Å². The van der Waals surface area contributed by atoms with Crippen LogP contribution in [-0.4, -0.2) is 61.9 Å². The Labute approximate surface area is 116 Å². The Bertz CT molecular complexity index is 296. The van der Waals surface area contributed by atoms with Crippen molar-refractivity contribution >= 4 is 5.97 Å². The normalized spacial score (nSPS) is 24.8. The fourth-order valence-electron chi connectivity index (χ4n) is 2.70. The number of ether oxygens (including phenoxy) is 2. The van der Waals surface area contributed by atoms with E-state index in [-0.39, 0.29) is 18.1 Å². The van der Waals surface area contributed by atoms with Crippen LogP contribution < -0.4 is 5.32 Å². The highest BCUT2D eigenvalue weighted by Crippen LogP contribution is 2.14. The highest BCUT2D eigenvalue weighted by Gasteiger charge is 2.37. The van der Waals surface area contributed by atoms with Gasteiger partial charge >= 0.3 is 5.97 Å². The number of rotatable bonds is 5. The largest absolute Gasteiger partial charge is 0.468 e. The van der Waals surface area contributed by atoms with Crippen molar-refractivity contribution in [3.63, 3.8) is 0 Å². The van der Waals surface area contributed by atoms with E-state index in [0.29, 0.717) is 6.54 Å². The van der Waals surface area contributed by atoms with Crippen LogP contribution in [0.4, 0.5) is 0 Å². The average molecular weight is 272 g/mol. The summed E-state index contributed by atoms with van der Waals surface area (Å²) < 4.78 is 10.6. The summed E-state index contributed by atoms with van der Waals surface area (Å²) in [6.07, 6.45) is 1.21. The standard InChI is InChI=1S/C14H28N2O3/c1-11(2)15-14(4,13(17)18-5)10-16-7-6-8-19-12(3)9-16/h11-12,15H,6-10H2,1-5H3. The second-order valence-corrected chi connectivity index (χ2v) is 5.89. The lowest BCUT2D eigenvalue weighted by Gasteiger charge is -2.35. The molecule has 1 aliphatic rings. The van der Waals surface area contributed by atoms with Crippen LogP contribution in [0.2, 0.25) is 0 Å². The van der Waals surface area contributed by atoms with Crippen LogP contribution in [0, 0.1) is 0 Å². The highest BCUT2D eigenvalue weighted by atomic mass is 16.5. The molecule has 1 heterocycles. The van der Waals surface area contributed by atoms with Gasteiger partial charge in [-0.25, -0.2) is 0 Å². The van der Waals surface area contributed by atoms with E-state index in [0.717, 1.165) is 26.1 Å². The molecule has 112 valence electrons. The Balaban J connectivity index is 2.72. The van der Waals surface area contributed by atoms with Gasteiger partial charge in [0.15, 0.2) is 0 Å². The third kappa shape index (κ3) is 5.09. The molecule has 19 heavy (non-hydrogen) atoms. The van der Waals surface area contributed by atoms with Crippen LogP contribution in [0.25, 0.3) is 0 Å². The summed E-state index contributed by atoms with van der Waals surface area (Å²) in [5.41, 5.74) is -0.674. The second-order valence-electron chi connectivity index (χ2n) is 5.89. The first-order valence-electron chi connectivity index (χ1n) is 7.07. The minimum atomic E-state index is -0.674. The minimum Gasteiger partial charge on any atom is -0.468 e. The van der Waals surface area contributed by atoms with Gasteiger partial charge in [-0.15, -0.1) is 0 Å². The molecule has 0 radical (unpaired) electrons. The molecule has 1 saturated heterocycles. The van der Waals surface area contributed by atoms with Crippen LogP contribution in [-0.2, 0) is 14.3 Å². The molecule has 1 aliphatic heterocycles. The number of hydrogen-bond acceptors (Lipinski definition) is 5. The molecule has 2 unspecified atom stereocenters. The van der Waals surface area contributed by atoms with E-state index in [1.807, 2.05) is 20.8 Å². The smallest absolute Gasteiger partial charge is 0.327 e. The Hall–Kier alpha value is -0.650. The molecule has 1 N–H and O–H groups in total. The van der Waals surface area contributed by atoms with Gasteiger partial charge in [-0.1, -0.05) is 0 Å². The zero-order valence-electron chi connectivity index (χ0n) is 12.9. The van der Waals surface area contributed by atoms with Crippen LogP contribution in [0.15, 0.2) is 0 Å². The summed E-state index contributed by atoms with van der Waals surface area (Å²) in [5.74, 6) is -0.209. The van der Waals surface area contributed by atoms with Gasteiger partial charge in [0.2, 0.25) is 0 Å². The molecule has 5 nitrogen and oxygen atoms in total. The first-order chi connectivity index (χ1) is 8.87. The lowest BCUT2D eigenvalue weighted by Crippen LogP contribution is -2.59. The summed E-state index contributed by atoms with van der Waals surface area (Å²) in [6.45, 7) is 11.3. The SMILES string of the molecule is COC(=O)C(C)(CN1CCCOC(C)C1)NC(C)C. The van der Waals surface area contributed by atoms with Gasteiger partial charge in [-0.05, 0) is 34.1 Å². The van der Waals surface area contributed by atoms with Crippen molar-refractivity contribution in [1.82, 2.24) is 10.2 Å². The van der Waals surface area contributed by atoms with Crippen molar-refractivity contribution in [1.29, 1.82) is 0 Å². The van der Waals surface area contributed by atoms with Crippen molar-refractivity contribution in [2.24, 2.45) is 0 Å². The monoisotopic (exact) mass is 272 g/mol. The number of carbonyl (C=O) groups is 1. The fourth-order valence-corrected chi connectivity index (χ4v) is 2.70. The Morgan fingerprint density at radius 2 is 2.26 bits per heavy atom. The Morgan fingerprint density at radius 3 is 2.84 bits per heavy atom. The number of nitrogens with zero attached hydrogens (tertiary/aromatic N) is 1. The summed E-state index contributed by atoms with van der Waals surface area (Å²) in [6, 6.07) is 0.227. The Kier molecular flexibility index (Phi) is 6.23. The third-order valence-corrected chi connectivity index (χ3v) is 3.32. The molecular weight excluding hydrogens is 244 g/mol. The number of methoxy groups -OCH3 is 1. The van der Waals surface area contributed by atoms with Crippen LogP contribution in [0.5, 0.6) is 0 Å². The maximum Gasteiger partial charge on any atom is 0.327 e. The lowest BCUT2D eigenvalue weighted by atomic mass is 10.00. The molecule has 1 rings (SSSR count). The molecule has 0 saturated carbocycles. The molecular formula is C14H28N2O3. The predicted molar refractivity (Wildman–Crippen MR) is 75.2 cm³/mol. The molecule has 2 atom stereocenters. The molecule has 0 aromatic heterocycles. The Morgan fingerprint density at radius 1 is 1.58 bits per heavy atom. The fraction of sp³-hybridized carbons (Fsp3) is 0.929. The van der Waals surface area contributed by atoms with Crippen molar-refractivity contribution in [2.45, 2.75) is 51.8 Å². The quantitative estimate of drug-likeness (QED) is 0.758. The van der Waals surface area contributed by atoms with E-state index < -0.39 is 5.54 Å². The topological polar surface area (TPSA) is 50.8 Å². The maximum absolute atomic E-state index is 12.1. The van der Waals surface area contributed by atoms with Crippen LogP contribution >= 0.6 is 0 Å². The number of nitrogens with one attached hydrogen (secondary N) is 1. The molecule has 0 amide bonds. The minimum absolute atomic E-state index is 0.209. The first kappa shape index (κ1) is 16.4. The maximum atomic E-state index is 12.1. The van der Waals surface area contributed by atoms with Gasteiger partial charge < -0.3 is 9.47 Å². The van der Waals surface area contributed by atoms with Crippen molar-refractivity contribution in [3.05, 3.63) is 0 Å². The zero-order chi connectivity index (χ0) is 14.5. The van der Waals surface area contributed by atoms with Gasteiger partial charge in [-0.3, -0.25) is 15.0 Å². The average Bonchev–Trinajstić information content (AvgIpc) is 2.51. The van der Waals surface area contributed by atoms with Crippen molar-refractivity contribution in [3.8, 4) is 0 Å². The van der Waals surface area contributed by atoms with Gasteiger partial charge in [0, 0.05) is 32.3 Å². The molecule has 0 aromatic rings. The molecule has 0 aromatic carbocycles. The van der Waals surface area contributed by atoms with E-state index in [1.165, 1.54) is 7.11 Å². The van der Waals surface area contributed by atoms with Crippen LogP contribution in [0.3, 0.4) is 0 Å². The summed E-state index contributed by atoms with van der Waals surface area (Å²) in [5, 5.41) is 3.33. The van der Waals surface area contributed by atoms with E-state index in [2.05, 4.69) is 17.1 Å². The van der Waals surface area contributed by atoms with Gasteiger partial charge in [0.1, 0.15) is 5.54 Å². The first-order valence-corrected chi connectivity index (χ1v) is 7.07. The van der Waals surface area contributed by atoms with Crippen molar-refractivity contribution < 1.29 is 14.3 Å². The molecule has 1 fully saturated rings. The second kappa shape index (κ2) is 7.22. The van der Waals surface area contributed by atoms with Crippen molar-refractivity contribution in [2.75, 3.05) is 33.4 Å². The zero-order valence-corrected chi connectivity index (χ0v) is 12.9. The van der Waals surface area contributed by atoms with Gasteiger partial charge in [-0.2, -0.15) is 0 Å². The molecule has 0 bridgehead atoms.